The molecule has 0 radical (unpaired) electrons. The van der Waals surface area contributed by atoms with Gasteiger partial charge in [-0.2, -0.15) is 0 Å². The number of hydrogen-bond donors (Lipinski definition) is 1. The normalized spacial score (nSPS) is 15.7. The van der Waals surface area contributed by atoms with Crippen LogP contribution in [0.3, 0.4) is 0 Å². The second-order valence-electron chi connectivity index (χ2n) is 5.13. The molecule has 0 spiro atoms. The smallest absolute Gasteiger partial charge is 0.324 e. The molecular formula is C13H15N5O3S2. The minimum atomic E-state index is -0.472. The number of nitrogen functional groups attached to an aromatic ring is 1. The fraction of sp³-hybridized carbons (Fsp3) is 0.385. The Hall–Kier alpha value is -2.04. The minimum Gasteiger partial charge on any atom is -0.375 e. The molecule has 3 rings (SSSR count). The first-order valence-corrected chi connectivity index (χ1v) is 8.62. The molecule has 2 aromatic heterocycles. The van der Waals surface area contributed by atoms with Crippen molar-refractivity contribution in [1.82, 2.24) is 14.8 Å². The number of thiazole rings is 1. The molecule has 3 heterocycles. The molecule has 2 N–H and O–H groups in total. The molecule has 0 saturated carbocycles. The number of nitrogens with two attached hydrogens (primary N) is 1. The number of anilines is 1. The Morgan fingerprint density at radius 3 is 2.61 bits per heavy atom. The number of rotatable bonds is 4. The molecule has 2 aromatic rings. The van der Waals surface area contributed by atoms with Crippen molar-refractivity contribution in [3.8, 4) is 0 Å². The number of nitro groups is 1. The second kappa shape index (κ2) is 6.60. The number of carbonyl (C=O) groups excluding carboxylic acids is 1. The zero-order valence-electron chi connectivity index (χ0n) is 12.2. The number of nitrogens with zero attached hydrogens (tertiary/aromatic N) is 4. The molecular weight excluding hydrogens is 338 g/mol. The maximum absolute atomic E-state index is 12.4. The predicted molar refractivity (Wildman–Crippen MR) is 88.7 cm³/mol. The molecule has 8 nitrogen and oxygen atoms in total. The van der Waals surface area contributed by atoms with Gasteiger partial charge in [-0.05, 0) is 6.07 Å². The van der Waals surface area contributed by atoms with Crippen LogP contribution in [0.2, 0.25) is 0 Å². The Labute approximate surface area is 140 Å². The second-order valence-corrected chi connectivity index (χ2v) is 7.34. The molecule has 10 heteroatoms. The summed E-state index contributed by atoms with van der Waals surface area (Å²) in [5.74, 6) is -0.134. The fourth-order valence-corrected chi connectivity index (χ4v) is 3.94. The van der Waals surface area contributed by atoms with Crippen LogP contribution < -0.4 is 5.73 Å². The van der Waals surface area contributed by atoms with Crippen molar-refractivity contribution in [3.63, 3.8) is 0 Å². The van der Waals surface area contributed by atoms with Gasteiger partial charge in [0.2, 0.25) is 0 Å². The van der Waals surface area contributed by atoms with Crippen molar-refractivity contribution in [1.29, 1.82) is 0 Å². The summed E-state index contributed by atoms with van der Waals surface area (Å²) in [6.45, 7) is 3.52. The number of hydrogen-bond acceptors (Lipinski definition) is 8. The van der Waals surface area contributed by atoms with Gasteiger partial charge in [0.05, 0.1) is 9.80 Å². The summed E-state index contributed by atoms with van der Waals surface area (Å²) in [5, 5.41) is 11.3. The first-order valence-electron chi connectivity index (χ1n) is 6.99. The van der Waals surface area contributed by atoms with E-state index in [0.29, 0.717) is 23.1 Å². The molecule has 23 heavy (non-hydrogen) atoms. The Morgan fingerprint density at radius 1 is 1.30 bits per heavy atom. The van der Waals surface area contributed by atoms with Gasteiger partial charge in [-0.1, -0.05) is 11.3 Å². The number of aromatic nitrogens is 1. The van der Waals surface area contributed by atoms with Crippen LogP contribution in [-0.4, -0.2) is 51.8 Å². The van der Waals surface area contributed by atoms with Gasteiger partial charge >= 0.3 is 5.00 Å². The highest BCUT2D eigenvalue weighted by atomic mass is 32.1. The van der Waals surface area contributed by atoms with E-state index >= 15 is 0 Å². The van der Waals surface area contributed by atoms with Gasteiger partial charge < -0.3 is 10.6 Å². The minimum absolute atomic E-state index is 0.00484. The highest BCUT2D eigenvalue weighted by molar-refractivity contribution is 7.17. The van der Waals surface area contributed by atoms with E-state index in [2.05, 4.69) is 9.88 Å². The van der Waals surface area contributed by atoms with Crippen molar-refractivity contribution in [2.24, 2.45) is 0 Å². The van der Waals surface area contributed by atoms with Crippen LogP contribution in [0.15, 0.2) is 18.3 Å². The van der Waals surface area contributed by atoms with E-state index in [-0.39, 0.29) is 10.9 Å². The molecule has 1 aliphatic rings. The SMILES string of the molecule is Nc1ncc(CN2CCN(C(=O)c3ccc([N+](=O)[O-])s3)CC2)s1. The zero-order chi connectivity index (χ0) is 16.4. The predicted octanol–water partition coefficient (Wildman–Crippen LogP) is 1.65. The monoisotopic (exact) mass is 353 g/mol. The summed E-state index contributed by atoms with van der Waals surface area (Å²) < 4.78 is 0. The maximum Gasteiger partial charge on any atom is 0.324 e. The van der Waals surface area contributed by atoms with Gasteiger partial charge in [-0.25, -0.2) is 4.98 Å². The number of amides is 1. The number of carbonyl (C=O) groups is 1. The largest absolute Gasteiger partial charge is 0.375 e. The van der Waals surface area contributed by atoms with Crippen LogP contribution in [0.25, 0.3) is 0 Å². The van der Waals surface area contributed by atoms with Crippen LogP contribution in [0.1, 0.15) is 14.5 Å². The third-order valence-corrected chi connectivity index (χ3v) is 5.43. The molecule has 1 aliphatic heterocycles. The van der Waals surface area contributed by atoms with Gasteiger partial charge in [-0.15, -0.1) is 11.3 Å². The summed E-state index contributed by atoms with van der Waals surface area (Å²) in [7, 11) is 0. The van der Waals surface area contributed by atoms with Crippen molar-refractivity contribution in [2.45, 2.75) is 6.54 Å². The van der Waals surface area contributed by atoms with E-state index in [1.54, 1.807) is 11.1 Å². The van der Waals surface area contributed by atoms with Gasteiger partial charge in [0.1, 0.15) is 0 Å². The lowest BCUT2D eigenvalue weighted by molar-refractivity contribution is -0.380. The standard InChI is InChI=1S/C13H15N5O3S2/c14-13-15-7-9(22-13)8-16-3-5-17(6-4-16)12(19)10-1-2-11(23-10)18(20)21/h1-2,7H,3-6,8H2,(H2,14,15). The Balaban J connectivity index is 1.55. The Morgan fingerprint density at radius 2 is 2.04 bits per heavy atom. The van der Waals surface area contributed by atoms with E-state index in [9.17, 15) is 14.9 Å². The fourth-order valence-electron chi connectivity index (χ4n) is 2.42. The van der Waals surface area contributed by atoms with Crippen molar-refractivity contribution in [3.05, 3.63) is 38.2 Å². The van der Waals surface area contributed by atoms with Crippen molar-refractivity contribution >= 4 is 38.7 Å². The van der Waals surface area contributed by atoms with Crippen LogP contribution >= 0.6 is 22.7 Å². The highest BCUT2D eigenvalue weighted by Gasteiger charge is 2.25. The van der Waals surface area contributed by atoms with Crippen molar-refractivity contribution < 1.29 is 9.72 Å². The van der Waals surface area contributed by atoms with E-state index in [4.69, 9.17) is 5.73 Å². The molecule has 0 unspecified atom stereocenters. The maximum atomic E-state index is 12.4. The zero-order valence-corrected chi connectivity index (χ0v) is 13.8. The van der Waals surface area contributed by atoms with E-state index < -0.39 is 4.92 Å². The molecule has 1 amide bonds. The average molecular weight is 353 g/mol. The quantitative estimate of drug-likeness (QED) is 0.662. The molecule has 122 valence electrons. The number of thiophene rings is 1. The lowest BCUT2D eigenvalue weighted by atomic mass is 10.3. The third kappa shape index (κ3) is 3.66. The van der Waals surface area contributed by atoms with Crippen LogP contribution in [0, 0.1) is 10.1 Å². The first-order chi connectivity index (χ1) is 11.0. The van der Waals surface area contributed by atoms with Crippen LogP contribution in [-0.2, 0) is 6.54 Å². The molecule has 1 saturated heterocycles. The molecule has 1 fully saturated rings. The Bertz CT molecular complexity index is 721. The summed E-state index contributed by atoms with van der Waals surface area (Å²) >= 11 is 2.40. The third-order valence-electron chi connectivity index (χ3n) is 3.59. The van der Waals surface area contributed by atoms with E-state index in [1.807, 2.05) is 0 Å². The average Bonchev–Trinajstić information content (AvgIpc) is 3.17. The van der Waals surface area contributed by atoms with E-state index in [0.717, 1.165) is 35.8 Å². The summed E-state index contributed by atoms with van der Waals surface area (Å²) in [6.07, 6.45) is 1.78. The first kappa shape index (κ1) is 15.8. The van der Waals surface area contributed by atoms with E-state index in [1.165, 1.54) is 23.5 Å². The van der Waals surface area contributed by atoms with Gasteiger partial charge in [0.15, 0.2) is 5.13 Å². The molecule has 0 aromatic carbocycles. The van der Waals surface area contributed by atoms with Gasteiger partial charge in [0.25, 0.3) is 5.91 Å². The lowest BCUT2D eigenvalue weighted by Gasteiger charge is -2.34. The molecule has 0 aliphatic carbocycles. The summed E-state index contributed by atoms with van der Waals surface area (Å²) in [4.78, 5) is 32.1. The van der Waals surface area contributed by atoms with Crippen LogP contribution in [0.5, 0.6) is 0 Å². The highest BCUT2D eigenvalue weighted by Crippen LogP contribution is 2.25. The summed E-state index contributed by atoms with van der Waals surface area (Å²) in [6, 6.07) is 2.90. The van der Waals surface area contributed by atoms with Crippen molar-refractivity contribution in [2.75, 3.05) is 31.9 Å². The molecule has 0 atom stereocenters. The van der Waals surface area contributed by atoms with Gasteiger partial charge in [0, 0.05) is 49.9 Å². The topological polar surface area (TPSA) is 106 Å². The lowest BCUT2D eigenvalue weighted by Crippen LogP contribution is -2.48. The number of piperazine rings is 1. The van der Waals surface area contributed by atoms with Crippen LogP contribution in [0.4, 0.5) is 10.1 Å². The summed E-state index contributed by atoms with van der Waals surface area (Å²) in [5.41, 5.74) is 5.62. The Kier molecular flexibility index (Phi) is 4.55. The molecule has 0 bridgehead atoms. The van der Waals surface area contributed by atoms with Gasteiger partial charge in [-0.3, -0.25) is 19.8 Å².